The van der Waals surface area contributed by atoms with Crippen LogP contribution in [0.5, 0.6) is 5.88 Å². The largest absolute Gasteiger partial charge is 0.474 e. The van der Waals surface area contributed by atoms with Crippen LogP contribution >= 0.6 is 0 Å². The third-order valence-corrected chi connectivity index (χ3v) is 2.39. The monoisotopic (exact) mass is 267 g/mol. The Morgan fingerprint density at radius 2 is 1.95 bits per heavy atom. The number of nitrogens with one attached hydrogen (secondary N) is 1. The van der Waals surface area contributed by atoms with Crippen molar-refractivity contribution < 1.29 is 14.3 Å². The summed E-state index contributed by atoms with van der Waals surface area (Å²) in [5, 5.41) is 3.01. The Labute approximate surface area is 113 Å². The summed E-state index contributed by atoms with van der Waals surface area (Å²) in [6.07, 6.45) is 3.10. The van der Waals surface area contributed by atoms with E-state index < -0.39 is 6.04 Å². The van der Waals surface area contributed by atoms with Crippen LogP contribution in [0.25, 0.3) is 0 Å². The second-order valence-electron chi connectivity index (χ2n) is 4.80. The first kappa shape index (κ1) is 15.2. The average molecular weight is 267 g/mol. The van der Waals surface area contributed by atoms with Gasteiger partial charge in [-0.25, -0.2) is 4.79 Å². The zero-order valence-corrected chi connectivity index (χ0v) is 12.0. The molecule has 1 atom stereocenters. The van der Waals surface area contributed by atoms with Gasteiger partial charge in [-0.15, -0.1) is 0 Å². The topological polar surface area (TPSA) is 73.3 Å². The molecule has 0 spiro atoms. The van der Waals surface area contributed by atoms with Crippen LogP contribution in [0, 0.1) is 5.92 Å². The number of hydrogen-bond acceptors (Lipinski definition) is 6. The van der Waals surface area contributed by atoms with Gasteiger partial charge in [0, 0.05) is 0 Å². The second-order valence-corrected chi connectivity index (χ2v) is 4.80. The fraction of sp³-hybridized carbons (Fsp3) is 0.615. The molecule has 1 unspecified atom stereocenters. The summed E-state index contributed by atoms with van der Waals surface area (Å²) in [4.78, 5) is 19.9. The second kappa shape index (κ2) is 6.92. The van der Waals surface area contributed by atoms with Crippen molar-refractivity contribution in [2.75, 3.05) is 12.4 Å². The molecule has 0 aliphatic heterocycles. The summed E-state index contributed by atoms with van der Waals surface area (Å²) in [7, 11) is 1.36. The van der Waals surface area contributed by atoms with Gasteiger partial charge in [0.2, 0.25) is 5.88 Å². The molecule has 0 saturated carbocycles. The molecule has 0 aliphatic rings. The number of esters is 1. The van der Waals surface area contributed by atoms with Crippen molar-refractivity contribution in [3.63, 3.8) is 0 Å². The van der Waals surface area contributed by atoms with E-state index >= 15 is 0 Å². The fourth-order valence-corrected chi connectivity index (χ4v) is 1.50. The number of aromatic nitrogens is 2. The van der Waals surface area contributed by atoms with Crippen LogP contribution in [0.1, 0.15) is 27.7 Å². The zero-order valence-electron chi connectivity index (χ0n) is 12.0. The van der Waals surface area contributed by atoms with Crippen LogP contribution in [0.4, 0.5) is 5.82 Å². The van der Waals surface area contributed by atoms with Crippen molar-refractivity contribution in [1.82, 2.24) is 9.97 Å². The van der Waals surface area contributed by atoms with Gasteiger partial charge in [0.25, 0.3) is 0 Å². The van der Waals surface area contributed by atoms with Gasteiger partial charge in [0.15, 0.2) is 0 Å². The molecule has 0 aliphatic carbocycles. The number of carbonyl (C=O) groups excluding carboxylic acids is 1. The molecule has 6 nitrogen and oxygen atoms in total. The van der Waals surface area contributed by atoms with E-state index in [9.17, 15) is 4.79 Å². The zero-order chi connectivity index (χ0) is 14.4. The lowest BCUT2D eigenvalue weighted by atomic mass is 10.1. The van der Waals surface area contributed by atoms with Crippen molar-refractivity contribution in [1.29, 1.82) is 0 Å². The van der Waals surface area contributed by atoms with Crippen molar-refractivity contribution in [2.24, 2.45) is 5.92 Å². The Balaban J connectivity index is 2.82. The first-order valence-electron chi connectivity index (χ1n) is 6.27. The number of ether oxygens (including phenoxy) is 2. The summed E-state index contributed by atoms with van der Waals surface area (Å²) >= 11 is 0. The minimum Gasteiger partial charge on any atom is -0.474 e. The van der Waals surface area contributed by atoms with Crippen LogP contribution in [-0.4, -0.2) is 35.2 Å². The molecule has 1 N–H and O–H groups in total. The highest BCUT2D eigenvalue weighted by Crippen LogP contribution is 2.14. The maximum absolute atomic E-state index is 11.7. The molecule has 0 saturated heterocycles. The van der Waals surface area contributed by atoms with Crippen LogP contribution in [0.3, 0.4) is 0 Å². The summed E-state index contributed by atoms with van der Waals surface area (Å²) in [5.41, 5.74) is 0. The Bertz CT molecular complexity index is 421. The highest BCUT2D eigenvalue weighted by atomic mass is 16.5. The predicted octanol–water partition coefficient (Wildman–Crippen LogP) is 1.87. The van der Waals surface area contributed by atoms with Gasteiger partial charge in [0.1, 0.15) is 11.9 Å². The van der Waals surface area contributed by atoms with Crippen molar-refractivity contribution in [2.45, 2.75) is 39.8 Å². The van der Waals surface area contributed by atoms with Crippen LogP contribution < -0.4 is 10.1 Å². The SMILES string of the molecule is COC(=O)C(Nc1cncc(OC(C)C)n1)C(C)C. The number of nitrogens with zero attached hydrogens (tertiary/aromatic N) is 2. The maximum Gasteiger partial charge on any atom is 0.328 e. The third-order valence-electron chi connectivity index (χ3n) is 2.39. The van der Waals surface area contributed by atoms with Gasteiger partial charge in [-0.2, -0.15) is 4.98 Å². The summed E-state index contributed by atoms with van der Waals surface area (Å²) in [6.45, 7) is 7.67. The van der Waals surface area contributed by atoms with Crippen LogP contribution in [0.2, 0.25) is 0 Å². The molecule has 1 rings (SSSR count). The van der Waals surface area contributed by atoms with Gasteiger partial charge in [-0.3, -0.25) is 4.98 Å². The average Bonchev–Trinajstić information content (AvgIpc) is 2.34. The lowest BCUT2D eigenvalue weighted by molar-refractivity contribution is -0.142. The smallest absolute Gasteiger partial charge is 0.328 e. The van der Waals surface area contributed by atoms with E-state index in [2.05, 4.69) is 15.3 Å². The molecular formula is C13H21N3O3. The lowest BCUT2D eigenvalue weighted by Gasteiger charge is -2.20. The fourth-order valence-electron chi connectivity index (χ4n) is 1.50. The molecule has 0 aromatic carbocycles. The van der Waals surface area contributed by atoms with Gasteiger partial charge in [0.05, 0.1) is 25.6 Å². The molecule has 0 bridgehead atoms. The summed E-state index contributed by atoms with van der Waals surface area (Å²) in [6, 6.07) is -0.464. The summed E-state index contributed by atoms with van der Waals surface area (Å²) < 4.78 is 10.2. The van der Waals surface area contributed by atoms with E-state index in [1.54, 1.807) is 6.20 Å². The third kappa shape index (κ3) is 4.73. The first-order valence-corrected chi connectivity index (χ1v) is 6.27. The Kier molecular flexibility index (Phi) is 5.54. The van der Waals surface area contributed by atoms with Gasteiger partial charge < -0.3 is 14.8 Å². The molecule has 1 heterocycles. The van der Waals surface area contributed by atoms with E-state index in [-0.39, 0.29) is 18.0 Å². The van der Waals surface area contributed by atoms with Crippen LogP contribution in [0.15, 0.2) is 12.4 Å². The van der Waals surface area contributed by atoms with E-state index in [4.69, 9.17) is 9.47 Å². The minimum absolute atomic E-state index is 0.0195. The molecule has 0 radical (unpaired) electrons. The van der Waals surface area contributed by atoms with Crippen molar-refractivity contribution >= 4 is 11.8 Å². The van der Waals surface area contributed by atoms with Crippen molar-refractivity contribution in [3.05, 3.63) is 12.4 Å². The lowest BCUT2D eigenvalue weighted by Crippen LogP contribution is -2.35. The quantitative estimate of drug-likeness (QED) is 0.793. The number of hydrogen-bond donors (Lipinski definition) is 1. The van der Waals surface area contributed by atoms with E-state index in [1.165, 1.54) is 13.3 Å². The molecule has 6 heteroatoms. The number of anilines is 1. The Hall–Kier alpha value is -1.85. The normalized spacial score (nSPS) is 12.4. The maximum atomic E-state index is 11.7. The first-order chi connectivity index (χ1) is 8.93. The molecular weight excluding hydrogens is 246 g/mol. The van der Waals surface area contributed by atoms with Crippen molar-refractivity contribution in [3.8, 4) is 5.88 Å². The molecule has 1 aromatic rings. The van der Waals surface area contributed by atoms with E-state index in [0.29, 0.717) is 11.7 Å². The number of carbonyl (C=O) groups is 1. The summed E-state index contributed by atoms with van der Waals surface area (Å²) in [5.74, 6) is 0.658. The Morgan fingerprint density at radius 1 is 1.26 bits per heavy atom. The predicted molar refractivity (Wildman–Crippen MR) is 72.1 cm³/mol. The molecule has 0 fully saturated rings. The highest BCUT2D eigenvalue weighted by molar-refractivity contribution is 5.79. The van der Waals surface area contributed by atoms with Gasteiger partial charge >= 0.3 is 5.97 Å². The molecule has 106 valence electrons. The Morgan fingerprint density at radius 3 is 2.47 bits per heavy atom. The molecule has 19 heavy (non-hydrogen) atoms. The van der Waals surface area contributed by atoms with E-state index in [1.807, 2.05) is 27.7 Å². The number of methoxy groups -OCH3 is 1. The van der Waals surface area contributed by atoms with E-state index in [0.717, 1.165) is 0 Å². The highest BCUT2D eigenvalue weighted by Gasteiger charge is 2.23. The number of rotatable bonds is 6. The van der Waals surface area contributed by atoms with Crippen LogP contribution in [-0.2, 0) is 9.53 Å². The van der Waals surface area contributed by atoms with Gasteiger partial charge in [-0.1, -0.05) is 13.8 Å². The molecule has 1 aromatic heterocycles. The standard InChI is InChI=1S/C13H21N3O3/c1-8(2)12(13(17)18-5)16-10-6-14-7-11(15-10)19-9(3)4/h6-9,12H,1-5H3,(H,15,16). The molecule has 0 amide bonds. The van der Waals surface area contributed by atoms with Gasteiger partial charge in [-0.05, 0) is 19.8 Å². The minimum atomic E-state index is -0.464.